The van der Waals surface area contributed by atoms with E-state index in [4.69, 9.17) is 5.11 Å². The van der Waals surface area contributed by atoms with E-state index >= 15 is 0 Å². The molecule has 0 amide bonds. The van der Waals surface area contributed by atoms with Gasteiger partial charge in [0.05, 0.1) is 0 Å². The highest BCUT2D eigenvalue weighted by Crippen LogP contribution is 2.31. The summed E-state index contributed by atoms with van der Waals surface area (Å²) < 4.78 is -0.694. The van der Waals surface area contributed by atoms with Gasteiger partial charge in [-0.05, 0) is 27.2 Å². The average Bonchev–Trinajstić information content (AvgIpc) is 2.03. The highest BCUT2D eigenvalue weighted by Gasteiger charge is 2.29. The molecule has 1 N–H and O–H groups in total. The highest BCUT2D eigenvalue weighted by molar-refractivity contribution is 8.02. The van der Waals surface area contributed by atoms with Crippen LogP contribution in [0.2, 0.25) is 0 Å². The number of allylic oxidation sites excluding steroid dienone is 1. The molecule has 76 valence electrons. The van der Waals surface area contributed by atoms with Crippen molar-refractivity contribution in [3.63, 3.8) is 0 Å². The van der Waals surface area contributed by atoms with Crippen LogP contribution in [0.25, 0.3) is 0 Å². The molecule has 2 nitrogen and oxygen atoms in total. The maximum atomic E-state index is 10.8. The van der Waals surface area contributed by atoms with E-state index in [1.807, 2.05) is 13.0 Å². The van der Waals surface area contributed by atoms with E-state index in [9.17, 15) is 4.79 Å². The van der Waals surface area contributed by atoms with Crippen molar-refractivity contribution < 1.29 is 9.90 Å². The molecule has 0 heterocycles. The maximum absolute atomic E-state index is 10.8. The smallest absolute Gasteiger partial charge is 0.319 e. The molecule has 0 radical (unpaired) electrons. The Kier molecular flexibility index (Phi) is 5.14. The molecule has 1 atom stereocenters. The third kappa shape index (κ3) is 4.36. The van der Waals surface area contributed by atoms with Crippen molar-refractivity contribution in [1.82, 2.24) is 0 Å². The summed E-state index contributed by atoms with van der Waals surface area (Å²) in [5.41, 5.74) is 0. The Hall–Kier alpha value is -0.440. The topological polar surface area (TPSA) is 37.3 Å². The monoisotopic (exact) mass is 202 g/mol. The molecule has 1 unspecified atom stereocenters. The van der Waals surface area contributed by atoms with Crippen molar-refractivity contribution in [2.24, 2.45) is 0 Å². The zero-order valence-electron chi connectivity index (χ0n) is 8.70. The quantitative estimate of drug-likeness (QED) is 0.696. The second kappa shape index (κ2) is 5.32. The lowest BCUT2D eigenvalue weighted by Crippen LogP contribution is -2.29. The summed E-state index contributed by atoms with van der Waals surface area (Å²) in [6.07, 6.45) is 4.99. The third-order valence-corrected chi connectivity index (χ3v) is 3.33. The van der Waals surface area contributed by atoms with Crippen LogP contribution >= 0.6 is 11.8 Å². The minimum Gasteiger partial charge on any atom is -0.480 e. The van der Waals surface area contributed by atoms with Gasteiger partial charge in [0.25, 0.3) is 0 Å². The first-order valence-electron chi connectivity index (χ1n) is 4.48. The van der Waals surface area contributed by atoms with Gasteiger partial charge in [-0.15, -0.1) is 11.8 Å². The number of carboxylic acid groups (broad SMARTS) is 1. The summed E-state index contributed by atoms with van der Waals surface area (Å²) in [5.74, 6) is -0.750. The molecule has 0 aromatic heterocycles. The molecule has 0 spiro atoms. The van der Waals surface area contributed by atoms with Crippen LogP contribution in [0.15, 0.2) is 12.2 Å². The van der Waals surface area contributed by atoms with E-state index in [2.05, 4.69) is 13.0 Å². The fourth-order valence-electron chi connectivity index (χ4n) is 0.902. The zero-order valence-corrected chi connectivity index (χ0v) is 9.52. The highest BCUT2D eigenvalue weighted by atomic mass is 32.2. The fourth-order valence-corrected chi connectivity index (χ4v) is 2.16. The van der Waals surface area contributed by atoms with E-state index in [1.165, 1.54) is 11.8 Å². The maximum Gasteiger partial charge on any atom is 0.319 e. The molecule has 0 aliphatic carbocycles. The van der Waals surface area contributed by atoms with Crippen LogP contribution in [-0.2, 0) is 4.79 Å². The molecule has 3 heteroatoms. The van der Waals surface area contributed by atoms with Gasteiger partial charge in [-0.25, -0.2) is 0 Å². The lowest BCUT2D eigenvalue weighted by molar-refractivity contribution is -0.138. The van der Waals surface area contributed by atoms with Crippen molar-refractivity contribution >= 4 is 17.7 Å². The summed E-state index contributed by atoms with van der Waals surface area (Å²) in [6, 6.07) is 0. The molecule has 0 aromatic rings. The number of carboxylic acids is 1. The predicted octanol–water partition coefficient (Wildman–Crippen LogP) is 2.94. The first-order chi connectivity index (χ1) is 5.94. The van der Waals surface area contributed by atoms with Crippen molar-refractivity contribution in [3.05, 3.63) is 12.2 Å². The lowest BCUT2D eigenvalue weighted by atomic mass is 10.2. The van der Waals surface area contributed by atoms with Crippen molar-refractivity contribution in [2.75, 3.05) is 0 Å². The summed E-state index contributed by atoms with van der Waals surface area (Å²) >= 11 is 1.49. The first-order valence-corrected chi connectivity index (χ1v) is 5.36. The zero-order chi connectivity index (χ0) is 10.5. The van der Waals surface area contributed by atoms with Gasteiger partial charge in [0.2, 0.25) is 0 Å². The number of rotatable bonds is 5. The summed E-state index contributed by atoms with van der Waals surface area (Å²) in [5, 5.41) is 9.21. The lowest BCUT2D eigenvalue weighted by Gasteiger charge is -2.22. The van der Waals surface area contributed by atoms with Crippen LogP contribution in [0.3, 0.4) is 0 Å². The van der Waals surface area contributed by atoms with Gasteiger partial charge in [0, 0.05) is 5.25 Å². The van der Waals surface area contributed by atoms with Crippen LogP contribution in [0.4, 0.5) is 0 Å². The van der Waals surface area contributed by atoms with Gasteiger partial charge < -0.3 is 5.11 Å². The number of carbonyl (C=O) groups is 1. The summed E-state index contributed by atoms with van der Waals surface area (Å²) in [4.78, 5) is 10.8. The van der Waals surface area contributed by atoms with Crippen LogP contribution < -0.4 is 0 Å². The minimum atomic E-state index is -0.750. The van der Waals surface area contributed by atoms with E-state index < -0.39 is 10.7 Å². The molecule has 0 saturated carbocycles. The normalized spacial score (nSPS) is 14.8. The van der Waals surface area contributed by atoms with Crippen molar-refractivity contribution in [2.45, 2.75) is 44.1 Å². The largest absolute Gasteiger partial charge is 0.480 e. The molecule has 0 fully saturated rings. The summed E-state index contributed by atoms with van der Waals surface area (Å²) in [7, 11) is 0. The van der Waals surface area contributed by atoms with Crippen LogP contribution in [0.5, 0.6) is 0 Å². The Morgan fingerprint density at radius 2 is 2.15 bits per heavy atom. The Balaban J connectivity index is 4.30. The Morgan fingerprint density at radius 3 is 2.46 bits per heavy atom. The second-order valence-electron chi connectivity index (χ2n) is 3.41. The Labute approximate surface area is 84.4 Å². The van der Waals surface area contributed by atoms with E-state index in [1.54, 1.807) is 13.8 Å². The average molecular weight is 202 g/mol. The van der Waals surface area contributed by atoms with Gasteiger partial charge >= 0.3 is 5.97 Å². The Morgan fingerprint density at radius 1 is 1.62 bits per heavy atom. The summed E-state index contributed by atoms with van der Waals surface area (Å²) in [6.45, 7) is 7.50. The first kappa shape index (κ1) is 12.6. The van der Waals surface area contributed by atoms with Gasteiger partial charge in [0.15, 0.2) is 0 Å². The molecule has 13 heavy (non-hydrogen) atoms. The van der Waals surface area contributed by atoms with Crippen LogP contribution in [0, 0.1) is 0 Å². The third-order valence-electron chi connectivity index (χ3n) is 1.77. The molecule has 0 rings (SSSR count). The molecule has 0 aromatic carbocycles. The SMILES string of the molecule is C/C=C\C(CC)SC(C)(C)C(=O)O. The number of thioether (sulfide) groups is 1. The molecule has 0 aliphatic rings. The van der Waals surface area contributed by atoms with E-state index in [-0.39, 0.29) is 0 Å². The van der Waals surface area contributed by atoms with Gasteiger partial charge in [0.1, 0.15) is 4.75 Å². The number of aliphatic carboxylic acids is 1. The van der Waals surface area contributed by atoms with Crippen LogP contribution in [0.1, 0.15) is 34.1 Å². The predicted molar refractivity (Wildman–Crippen MR) is 58.2 cm³/mol. The molecule has 0 saturated heterocycles. The van der Waals surface area contributed by atoms with E-state index in [0.29, 0.717) is 5.25 Å². The molecule has 0 aliphatic heterocycles. The fraction of sp³-hybridized carbons (Fsp3) is 0.700. The Bertz CT molecular complexity index is 197. The van der Waals surface area contributed by atoms with Crippen molar-refractivity contribution in [1.29, 1.82) is 0 Å². The number of hydrogen-bond donors (Lipinski definition) is 1. The number of hydrogen-bond acceptors (Lipinski definition) is 2. The van der Waals surface area contributed by atoms with Crippen molar-refractivity contribution in [3.8, 4) is 0 Å². The minimum absolute atomic E-state index is 0.302. The molecule has 0 bridgehead atoms. The van der Waals surface area contributed by atoms with Gasteiger partial charge in [-0.2, -0.15) is 0 Å². The molecular formula is C10H18O2S. The van der Waals surface area contributed by atoms with Gasteiger partial charge in [-0.3, -0.25) is 4.79 Å². The van der Waals surface area contributed by atoms with Gasteiger partial charge in [-0.1, -0.05) is 19.1 Å². The molecular weight excluding hydrogens is 184 g/mol. The second-order valence-corrected chi connectivity index (χ2v) is 5.27. The van der Waals surface area contributed by atoms with Crippen LogP contribution in [-0.4, -0.2) is 21.1 Å². The standard InChI is InChI=1S/C10H18O2S/c1-5-7-8(6-2)13-10(3,4)9(11)12/h5,7-8H,6H2,1-4H3,(H,11,12)/b7-5-. The van der Waals surface area contributed by atoms with E-state index in [0.717, 1.165) is 6.42 Å².